The number of anilines is 1. The quantitative estimate of drug-likeness (QED) is 0.820. The van der Waals surface area contributed by atoms with Crippen LogP contribution in [-0.4, -0.2) is 35.9 Å². The fourth-order valence-electron chi connectivity index (χ4n) is 2.02. The van der Waals surface area contributed by atoms with Crippen molar-refractivity contribution in [2.75, 3.05) is 24.7 Å². The summed E-state index contributed by atoms with van der Waals surface area (Å²) < 4.78 is 5.40. The average Bonchev–Trinajstić information content (AvgIpc) is 2.29. The van der Waals surface area contributed by atoms with Crippen LogP contribution in [0.5, 0.6) is 0 Å². The van der Waals surface area contributed by atoms with Crippen molar-refractivity contribution in [2.24, 2.45) is 0 Å². The molecule has 0 bridgehead atoms. The van der Waals surface area contributed by atoms with E-state index in [0.717, 1.165) is 31.1 Å². The molecule has 1 aliphatic rings. The molecular formula is C12H18N2O2. The second-order valence-electron chi connectivity index (χ2n) is 4.21. The topological polar surface area (TPSA) is 45.6 Å². The Bertz CT molecular complexity index is 355. The molecule has 1 unspecified atom stereocenters. The fourth-order valence-corrected chi connectivity index (χ4v) is 2.02. The highest BCUT2D eigenvalue weighted by molar-refractivity contribution is 5.49. The number of aliphatic hydroxyl groups excluding tert-OH is 1. The first-order valence-electron chi connectivity index (χ1n) is 5.67. The van der Waals surface area contributed by atoms with Crippen molar-refractivity contribution in [1.29, 1.82) is 0 Å². The largest absolute Gasteiger partial charge is 0.389 e. The normalized spacial score (nSPS) is 23.2. The lowest BCUT2D eigenvalue weighted by atomic mass is 10.1. The van der Waals surface area contributed by atoms with Crippen molar-refractivity contribution in [2.45, 2.75) is 26.0 Å². The predicted molar refractivity (Wildman–Crippen MR) is 62.5 cm³/mol. The molecule has 88 valence electrons. The van der Waals surface area contributed by atoms with Crippen molar-refractivity contribution in [3.05, 3.63) is 23.9 Å². The van der Waals surface area contributed by atoms with Crippen molar-refractivity contribution >= 4 is 5.82 Å². The molecule has 2 heterocycles. The Morgan fingerprint density at radius 1 is 1.62 bits per heavy atom. The molecule has 0 saturated carbocycles. The summed E-state index contributed by atoms with van der Waals surface area (Å²) in [5, 5.41) is 9.72. The number of hydrogen-bond donors (Lipinski definition) is 1. The molecule has 0 spiro atoms. The van der Waals surface area contributed by atoms with E-state index in [2.05, 4.69) is 16.8 Å². The van der Waals surface area contributed by atoms with Crippen LogP contribution in [0.25, 0.3) is 0 Å². The van der Waals surface area contributed by atoms with Crippen LogP contribution >= 0.6 is 0 Å². The van der Waals surface area contributed by atoms with Gasteiger partial charge in [0.1, 0.15) is 5.82 Å². The molecule has 4 heteroatoms. The Kier molecular flexibility index (Phi) is 3.41. The third-order valence-electron chi connectivity index (χ3n) is 2.91. The first-order chi connectivity index (χ1) is 7.70. The summed E-state index contributed by atoms with van der Waals surface area (Å²) in [6.07, 6.45) is 1.28. The third kappa shape index (κ3) is 2.18. The molecule has 1 aliphatic heterocycles. The van der Waals surface area contributed by atoms with E-state index in [1.54, 1.807) is 13.1 Å². The van der Waals surface area contributed by atoms with Crippen LogP contribution in [0.15, 0.2) is 18.3 Å². The number of aliphatic hydroxyl groups is 1. The zero-order valence-corrected chi connectivity index (χ0v) is 9.76. The van der Waals surface area contributed by atoms with Crippen molar-refractivity contribution in [3.63, 3.8) is 0 Å². The van der Waals surface area contributed by atoms with Gasteiger partial charge >= 0.3 is 0 Å². The fraction of sp³-hybridized carbons (Fsp3) is 0.583. The summed E-state index contributed by atoms with van der Waals surface area (Å²) in [5.74, 6) is 0.883. The third-order valence-corrected chi connectivity index (χ3v) is 2.91. The summed E-state index contributed by atoms with van der Waals surface area (Å²) >= 11 is 0. The SMILES string of the molecule is CC1COCCN1c1ncccc1[C@H](C)O. The van der Waals surface area contributed by atoms with Crippen molar-refractivity contribution < 1.29 is 9.84 Å². The van der Waals surface area contributed by atoms with Gasteiger partial charge in [-0.1, -0.05) is 6.07 Å². The van der Waals surface area contributed by atoms with Crippen LogP contribution < -0.4 is 4.90 Å². The lowest BCUT2D eigenvalue weighted by Crippen LogP contribution is -2.44. The standard InChI is InChI=1S/C12H18N2O2/c1-9-8-16-7-6-14(9)12-11(10(2)15)4-3-5-13-12/h3-5,9-10,15H,6-8H2,1-2H3/t9?,10-/m0/s1. The van der Waals surface area contributed by atoms with Gasteiger partial charge in [-0.25, -0.2) is 4.98 Å². The van der Waals surface area contributed by atoms with E-state index in [1.807, 2.05) is 12.1 Å². The molecule has 2 rings (SSSR count). The van der Waals surface area contributed by atoms with Crippen LogP contribution in [0.1, 0.15) is 25.5 Å². The smallest absolute Gasteiger partial charge is 0.134 e. The molecule has 0 radical (unpaired) electrons. The van der Waals surface area contributed by atoms with Crippen LogP contribution in [0, 0.1) is 0 Å². The maximum atomic E-state index is 9.72. The van der Waals surface area contributed by atoms with Gasteiger partial charge in [0.2, 0.25) is 0 Å². The number of nitrogens with zero attached hydrogens (tertiary/aromatic N) is 2. The van der Waals surface area contributed by atoms with Gasteiger partial charge in [0, 0.05) is 18.3 Å². The van der Waals surface area contributed by atoms with Crippen LogP contribution in [0.3, 0.4) is 0 Å². The molecule has 0 amide bonds. The van der Waals surface area contributed by atoms with Gasteiger partial charge in [-0.15, -0.1) is 0 Å². The lowest BCUT2D eigenvalue weighted by molar-refractivity contribution is 0.0980. The molecular weight excluding hydrogens is 204 g/mol. The summed E-state index contributed by atoms with van der Waals surface area (Å²) in [6, 6.07) is 4.09. The number of ether oxygens (including phenoxy) is 1. The summed E-state index contributed by atoms with van der Waals surface area (Å²) in [7, 11) is 0. The molecule has 1 aromatic rings. The van der Waals surface area contributed by atoms with Crippen molar-refractivity contribution in [1.82, 2.24) is 4.98 Å². The van der Waals surface area contributed by atoms with E-state index in [4.69, 9.17) is 4.74 Å². The molecule has 4 nitrogen and oxygen atoms in total. The van der Waals surface area contributed by atoms with E-state index < -0.39 is 6.10 Å². The van der Waals surface area contributed by atoms with E-state index in [9.17, 15) is 5.11 Å². The van der Waals surface area contributed by atoms with Crippen LogP contribution in [-0.2, 0) is 4.74 Å². The molecule has 1 fully saturated rings. The lowest BCUT2D eigenvalue weighted by Gasteiger charge is -2.35. The summed E-state index contributed by atoms with van der Waals surface area (Å²) in [6.45, 7) is 6.15. The average molecular weight is 222 g/mol. The highest BCUT2D eigenvalue weighted by atomic mass is 16.5. The van der Waals surface area contributed by atoms with Gasteiger partial charge in [-0.3, -0.25) is 0 Å². The second-order valence-corrected chi connectivity index (χ2v) is 4.21. The molecule has 16 heavy (non-hydrogen) atoms. The molecule has 0 aromatic carbocycles. The first kappa shape index (κ1) is 11.4. The Morgan fingerprint density at radius 3 is 3.12 bits per heavy atom. The van der Waals surface area contributed by atoms with Gasteiger partial charge < -0.3 is 14.7 Å². The molecule has 2 atom stereocenters. The maximum absolute atomic E-state index is 9.72. The van der Waals surface area contributed by atoms with Gasteiger partial charge in [-0.05, 0) is 19.9 Å². The number of pyridine rings is 1. The number of rotatable bonds is 2. The number of morpholine rings is 1. The van der Waals surface area contributed by atoms with Crippen molar-refractivity contribution in [3.8, 4) is 0 Å². The zero-order chi connectivity index (χ0) is 11.5. The highest BCUT2D eigenvalue weighted by Gasteiger charge is 2.23. The highest BCUT2D eigenvalue weighted by Crippen LogP contribution is 2.26. The number of hydrogen-bond acceptors (Lipinski definition) is 4. The van der Waals surface area contributed by atoms with Gasteiger partial charge in [0.15, 0.2) is 0 Å². The van der Waals surface area contributed by atoms with E-state index in [1.165, 1.54) is 0 Å². The van der Waals surface area contributed by atoms with E-state index in [-0.39, 0.29) is 0 Å². The number of aromatic nitrogens is 1. The molecule has 0 aliphatic carbocycles. The Hall–Kier alpha value is -1.13. The minimum Gasteiger partial charge on any atom is -0.389 e. The monoisotopic (exact) mass is 222 g/mol. The van der Waals surface area contributed by atoms with Crippen LogP contribution in [0.2, 0.25) is 0 Å². The minimum atomic E-state index is -0.487. The second kappa shape index (κ2) is 4.80. The first-order valence-corrected chi connectivity index (χ1v) is 5.67. The summed E-state index contributed by atoms with van der Waals surface area (Å²) in [5.41, 5.74) is 0.885. The predicted octanol–water partition coefficient (Wildman–Crippen LogP) is 1.36. The molecule has 1 N–H and O–H groups in total. The van der Waals surface area contributed by atoms with Gasteiger partial charge in [-0.2, -0.15) is 0 Å². The van der Waals surface area contributed by atoms with Gasteiger partial charge in [0.05, 0.1) is 25.4 Å². The maximum Gasteiger partial charge on any atom is 0.134 e. The molecule has 1 aromatic heterocycles. The van der Waals surface area contributed by atoms with Crippen LogP contribution in [0.4, 0.5) is 5.82 Å². The minimum absolute atomic E-state index is 0.307. The Balaban J connectivity index is 2.31. The van der Waals surface area contributed by atoms with Gasteiger partial charge in [0.25, 0.3) is 0 Å². The van der Waals surface area contributed by atoms with E-state index in [0.29, 0.717) is 6.04 Å². The van der Waals surface area contributed by atoms with E-state index >= 15 is 0 Å². The summed E-state index contributed by atoms with van der Waals surface area (Å²) in [4.78, 5) is 6.58. The zero-order valence-electron chi connectivity index (χ0n) is 9.76. The Labute approximate surface area is 95.9 Å². The molecule has 1 saturated heterocycles. The Morgan fingerprint density at radius 2 is 2.44 bits per heavy atom.